The van der Waals surface area contributed by atoms with Crippen LogP contribution in [0.5, 0.6) is 0 Å². The number of hydrogen-bond acceptors (Lipinski definition) is 2. The van der Waals surface area contributed by atoms with Crippen molar-refractivity contribution in [1.82, 2.24) is 0 Å². The summed E-state index contributed by atoms with van der Waals surface area (Å²) in [6.07, 6.45) is 14.4. The Morgan fingerprint density at radius 1 is 0.810 bits per heavy atom. The van der Waals surface area contributed by atoms with E-state index in [1.165, 1.54) is 81.8 Å². The van der Waals surface area contributed by atoms with Gasteiger partial charge in [0.25, 0.3) is 0 Å². The van der Waals surface area contributed by atoms with Crippen molar-refractivity contribution in [2.24, 2.45) is 0 Å². The van der Waals surface area contributed by atoms with E-state index in [0.717, 1.165) is 6.92 Å². The zero-order valence-corrected chi connectivity index (χ0v) is 15.2. The van der Waals surface area contributed by atoms with Crippen molar-refractivity contribution in [2.75, 3.05) is 27.2 Å². The second kappa shape index (κ2) is 15.8. The number of quaternary nitrogens is 1. The number of carbonyl (C=O) groups is 1. The van der Waals surface area contributed by atoms with E-state index in [1.807, 2.05) is 0 Å². The Morgan fingerprint density at radius 2 is 1.14 bits per heavy atom. The Labute approximate surface area is 133 Å². The van der Waals surface area contributed by atoms with Gasteiger partial charge in [0.1, 0.15) is 0 Å². The van der Waals surface area contributed by atoms with Gasteiger partial charge in [0.05, 0.1) is 27.2 Å². The first-order valence-corrected chi connectivity index (χ1v) is 8.85. The fourth-order valence-corrected chi connectivity index (χ4v) is 2.19. The van der Waals surface area contributed by atoms with E-state index in [4.69, 9.17) is 9.90 Å². The molecule has 21 heavy (non-hydrogen) atoms. The van der Waals surface area contributed by atoms with Crippen LogP contribution in [-0.4, -0.2) is 37.6 Å². The minimum absolute atomic E-state index is 0.972. The molecule has 3 nitrogen and oxygen atoms in total. The van der Waals surface area contributed by atoms with Crippen LogP contribution < -0.4 is 5.11 Å². The normalized spacial score (nSPS) is 10.9. The average Bonchev–Trinajstić information content (AvgIpc) is 2.40. The molecule has 0 atom stereocenters. The van der Waals surface area contributed by atoms with Crippen molar-refractivity contribution in [2.45, 2.75) is 85.0 Å². The monoisotopic (exact) mass is 301 g/mol. The lowest BCUT2D eigenvalue weighted by Gasteiger charge is -2.28. The highest BCUT2D eigenvalue weighted by molar-refractivity contribution is 5.60. The molecule has 0 bridgehead atoms. The largest absolute Gasteiger partial charge is 0.550 e. The number of carboxylic acids is 1. The molecule has 0 saturated carbocycles. The van der Waals surface area contributed by atoms with Crippen LogP contribution in [0.1, 0.15) is 85.0 Å². The van der Waals surface area contributed by atoms with Gasteiger partial charge in [-0.2, -0.15) is 0 Å². The summed E-state index contributed by atoms with van der Waals surface area (Å²) in [6.45, 7) is 8.16. The maximum Gasteiger partial charge on any atom is 0.0782 e. The van der Waals surface area contributed by atoms with Gasteiger partial charge in [-0.3, -0.25) is 0 Å². The number of aliphatic carboxylic acids is 1. The molecule has 0 aliphatic rings. The molecule has 0 radical (unpaired) electrons. The van der Waals surface area contributed by atoms with Crippen LogP contribution >= 0.6 is 0 Å². The molecule has 0 aromatic rings. The van der Waals surface area contributed by atoms with Gasteiger partial charge < -0.3 is 14.4 Å². The topological polar surface area (TPSA) is 40.1 Å². The van der Waals surface area contributed by atoms with Gasteiger partial charge >= 0.3 is 0 Å². The maximum absolute atomic E-state index is 8.89. The molecule has 0 fully saturated rings. The predicted molar refractivity (Wildman–Crippen MR) is 90.0 cm³/mol. The number of carbonyl (C=O) groups excluding carboxylic acids is 1. The molecule has 0 N–H and O–H groups in total. The van der Waals surface area contributed by atoms with Crippen molar-refractivity contribution < 1.29 is 14.4 Å². The highest BCUT2D eigenvalue weighted by Gasteiger charge is 2.09. The molecule has 128 valence electrons. The Hall–Kier alpha value is -0.570. The van der Waals surface area contributed by atoms with Gasteiger partial charge in [0.15, 0.2) is 0 Å². The fourth-order valence-electron chi connectivity index (χ4n) is 2.19. The number of hydrogen-bond donors (Lipinski definition) is 0. The Balaban J connectivity index is 0. The fraction of sp³-hybridized carbons (Fsp3) is 0.944. The van der Waals surface area contributed by atoms with Crippen molar-refractivity contribution in [3.63, 3.8) is 0 Å². The van der Waals surface area contributed by atoms with E-state index >= 15 is 0 Å². The smallest absolute Gasteiger partial charge is 0.0782 e. The average molecular weight is 302 g/mol. The van der Waals surface area contributed by atoms with Gasteiger partial charge in [-0.25, -0.2) is 0 Å². The number of carboxylic acid groups (broad SMARTS) is 1. The first-order valence-electron chi connectivity index (χ1n) is 8.85. The summed E-state index contributed by atoms with van der Waals surface area (Å²) in [5.41, 5.74) is 0. The molecule has 0 unspecified atom stereocenters. The van der Waals surface area contributed by atoms with E-state index < -0.39 is 5.97 Å². The van der Waals surface area contributed by atoms with Crippen molar-refractivity contribution in [3.8, 4) is 0 Å². The lowest BCUT2D eigenvalue weighted by atomic mass is 10.1. The second-order valence-electron chi connectivity index (χ2n) is 6.65. The van der Waals surface area contributed by atoms with E-state index in [1.54, 1.807) is 0 Å². The minimum atomic E-state index is -1.08. The highest BCUT2D eigenvalue weighted by atomic mass is 16.4. The first kappa shape index (κ1) is 22.7. The van der Waals surface area contributed by atoms with Crippen molar-refractivity contribution in [3.05, 3.63) is 0 Å². The van der Waals surface area contributed by atoms with E-state index in [0.29, 0.717) is 0 Å². The summed E-state index contributed by atoms with van der Waals surface area (Å²) in [6, 6.07) is 0. The standard InChI is InChI=1S/C16H36N.C2H4O2/c1-5-7-8-9-10-11-12-13-14-15-16-17(3,4)6-2;1-2(3)4/h5-16H2,1-4H3;1H3,(H,3,4)/q+1;/p-1. The van der Waals surface area contributed by atoms with Crippen molar-refractivity contribution in [1.29, 1.82) is 0 Å². The molecule has 0 amide bonds. The molecule has 0 heterocycles. The summed E-state index contributed by atoms with van der Waals surface area (Å²) in [5, 5.41) is 8.89. The zero-order valence-electron chi connectivity index (χ0n) is 15.2. The number of nitrogens with zero attached hydrogens (tertiary/aromatic N) is 1. The molecule has 0 aromatic heterocycles. The van der Waals surface area contributed by atoms with Crippen LogP contribution in [0.2, 0.25) is 0 Å². The SMILES string of the molecule is CC(=O)[O-].CCCCCCCCCCCC[N+](C)(C)CC. The summed E-state index contributed by atoms with van der Waals surface area (Å²) < 4.78 is 1.19. The minimum Gasteiger partial charge on any atom is -0.550 e. The molecule has 0 aliphatic heterocycles. The zero-order chi connectivity index (χ0) is 16.6. The van der Waals surface area contributed by atoms with Crippen LogP contribution in [0, 0.1) is 0 Å². The molecular weight excluding hydrogens is 262 g/mol. The van der Waals surface area contributed by atoms with E-state index in [-0.39, 0.29) is 0 Å². The van der Waals surface area contributed by atoms with Crippen molar-refractivity contribution >= 4 is 5.97 Å². The Bertz CT molecular complexity index is 223. The second-order valence-corrected chi connectivity index (χ2v) is 6.65. The Morgan fingerprint density at radius 3 is 1.48 bits per heavy atom. The molecule has 0 spiro atoms. The van der Waals surface area contributed by atoms with E-state index in [9.17, 15) is 0 Å². The first-order chi connectivity index (χ1) is 9.85. The molecular formula is C18H39NO2. The lowest BCUT2D eigenvalue weighted by molar-refractivity contribution is -0.888. The molecule has 0 rings (SSSR count). The summed E-state index contributed by atoms with van der Waals surface area (Å²) in [4.78, 5) is 8.89. The molecule has 0 aromatic carbocycles. The van der Waals surface area contributed by atoms with Gasteiger partial charge in [-0.1, -0.05) is 58.3 Å². The molecule has 0 saturated heterocycles. The third-order valence-electron chi connectivity index (χ3n) is 3.97. The summed E-state index contributed by atoms with van der Waals surface area (Å²) in [7, 11) is 4.68. The number of unbranched alkanes of at least 4 members (excludes halogenated alkanes) is 9. The quantitative estimate of drug-likeness (QED) is 0.407. The van der Waals surface area contributed by atoms with Gasteiger partial charge in [-0.05, 0) is 26.7 Å². The molecule has 0 aliphatic carbocycles. The van der Waals surface area contributed by atoms with Gasteiger partial charge in [0, 0.05) is 5.97 Å². The summed E-state index contributed by atoms with van der Waals surface area (Å²) in [5.74, 6) is -1.08. The van der Waals surface area contributed by atoms with Gasteiger partial charge in [0.2, 0.25) is 0 Å². The van der Waals surface area contributed by atoms with Crippen LogP contribution in [-0.2, 0) is 4.79 Å². The van der Waals surface area contributed by atoms with Crippen LogP contribution in [0.15, 0.2) is 0 Å². The third-order valence-corrected chi connectivity index (χ3v) is 3.97. The predicted octanol–water partition coefficient (Wildman–Crippen LogP) is 3.76. The van der Waals surface area contributed by atoms with E-state index in [2.05, 4.69) is 27.9 Å². The molecule has 3 heteroatoms. The lowest BCUT2D eigenvalue weighted by Crippen LogP contribution is -2.39. The third kappa shape index (κ3) is 24.8. The van der Waals surface area contributed by atoms with Crippen LogP contribution in [0.4, 0.5) is 0 Å². The van der Waals surface area contributed by atoms with Gasteiger partial charge in [-0.15, -0.1) is 0 Å². The summed E-state index contributed by atoms with van der Waals surface area (Å²) >= 11 is 0. The Kier molecular flexibility index (Phi) is 17.1. The maximum atomic E-state index is 8.89. The van der Waals surface area contributed by atoms with Crippen LogP contribution in [0.25, 0.3) is 0 Å². The highest BCUT2D eigenvalue weighted by Crippen LogP contribution is 2.11. The van der Waals surface area contributed by atoms with Crippen LogP contribution in [0.3, 0.4) is 0 Å². The number of rotatable bonds is 12.